The molecule has 180 valence electrons. The summed E-state index contributed by atoms with van der Waals surface area (Å²) in [6, 6.07) is 10.3. The lowest BCUT2D eigenvalue weighted by atomic mass is 10.2. The van der Waals surface area contributed by atoms with E-state index in [0.717, 1.165) is 19.3 Å². The Morgan fingerprint density at radius 2 is 1.85 bits per heavy atom. The molecule has 4 rings (SSSR count). The van der Waals surface area contributed by atoms with Gasteiger partial charge in [-0.05, 0) is 43.2 Å². The number of hydrogen-bond donors (Lipinski definition) is 0. The molecular formula is C22H24N4O6S2. The standard InChI is InChI=1S/C22H24N4O6S2/c1-32-14-13-25-19-10-7-17(26(28)29)15-20(19)33-22(25)23-21(27)16-5-8-18(9-6-16)34(30,31)24-11-3-2-4-12-24/h5-10,15H,2-4,11-14H2,1H3. The van der Waals surface area contributed by atoms with Crippen LogP contribution in [0.4, 0.5) is 5.69 Å². The number of methoxy groups -OCH3 is 1. The second-order valence-electron chi connectivity index (χ2n) is 7.84. The number of fused-ring (bicyclic) bond motifs is 1. The van der Waals surface area contributed by atoms with E-state index in [1.54, 1.807) is 17.7 Å². The zero-order valence-electron chi connectivity index (χ0n) is 18.5. The average Bonchev–Trinajstić information content (AvgIpc) is 3.19. The molecule has 10 nitrogen and oxygen atoms in total. The first-order chi connectivity index (χ1) is 16.3. The zero-order chi connectivity index (χ0) is 24.3. The Kier molecular flexibility index (Phi) is 7.22. The van der Waals surface area contributed by atoms with Gasteiger partial charge in [-0.15, -0.1) is 0 Å². The number of aromatic nitrogens is 1. The van der Waals surface area contributed by atoms with Crippen molar-refractivity contribution in [1.82, 2.24) is 8.87 Å². The highest BCUT2D eigenvalue weighted by Gasteiger charge is 2.26. The third kappa shape index (κ3) is 4.94. The van der Waals surface area contributed by atoms with Gasteiger partial charge in [0.15, 0.2) is 4.80 Å². The smallest absolute Gasteiger partial charge is 0.279 e. The number of rotatable bonds is 7. The number of carbonyl (C=O) groups excluding carboxylic acids is 1. The third-order valence-electron chi connectivity index (χ3n) is 5.65. The molecule has 3 aromatic rings. The van der Waals surface area contributed by atoms with Crippen LogP contribution in [0.1, 0.15) is 29.6 Å². The number of non-ortho nitro benzene ring substituents is 1. The monoisotopic (exact) mass is 504 g/mol. The highest BCUT2D eigenvalue weighted by molar-refractivity contribution is 7.89. The van der Waals surface area contributed by atoms with Gasteiger partial charge in [0, 0.05) is 44.4 Å². The van der Waals surface area contributed by atoms with Crippen molar-refractivity contribution in [3.05, 3.63) is 62.9 Å². The molecule has 0 aliphatic carbocycles. The summed E-state index contributed by atoms with van der Waals surface area (Å²) in [5.41, 5.74) is 0.914. The Labute approximate surface area is 200 Å². The zero-order valence-corrected chi connectivity index (χ0v) is 20.2. The van der Waals surface area contributed by atoms with E-state index in [-0.39, 0.29) is 16.1 Å². The van der Waals surface area contributed by atoms with Crippen LogP contribution >= 0.6 is 11.3 Å². The summed E-state index contributed by atoms with van der Waals surface area (Å²) >= 11 is 1.17. The minimum Gasteiger partial charge on any atom is -0.383 e. The second-order valence-corrected chi connectivity index (χ2v) is 10.8. The van der Waals surface area contributed by atoms with Crippen molar-refractivity contribution in [1.29, 1.82) is 0 Å². The van der Waals surface area contributed by atoms with Crippen LogP contribution in [0.25, 0.3) is 10.2 Å². The van der Waals surface area contributed by atoms with Crippen LogP contribution in [0.3, 0.4) is 0 Å². The topological polar surface area (TPSA) is 124 Å². The number of amides is 1. The number of benzene rings is 2. The molecule has 0 bridgehead atoms. The van der Waals surface area contributed by atoms with E-state index >= 15 is 0 Å². The number of carbonyl (C=O) groups is 1. The van der Waals surface area contributed by atoms with E-state index in [0.29, 0.717) is 41.3 Å². The van der Waals surface area contributed by atoms with Gasteiger partial charge in [-0.1, -0.05) is 17.8 Å². The average molecular weight is 505 g/mol. The summed E-state index contributed by atoms with van der Waals surface area (Å²) in [6.07, 6.45) is 2.71. The van der Waals surface area contributed by atoms with Crippen molar-refractivity contribution in [2.24, 2.45) is 4.99 Å². The molecule has 0 unspecified atom stereocenters. The number of nitro groups is 1. The molecule has 2 aromatic carbocycles. The molecule has 1 fully saturated rings. The summed E-state index contributed by atoms with van der Waals surface area (Å²) in [5, 5.41) is 11.1. The highest BCUT2D eigenvalue weighted by Crippen LogP contribution is 2.24. The van der Waals surface area contributed by atoms with Gasteiger partial charge < -0.3 is 9.30 Å². The number of nitro benzene ring substituents is 1. The van der Waals surface area contributed by atoms with Crippen LogP contribution in [-0.2, 0) is 21.3 Å². The van der Waals surface area contributed by atoms with Gasteiger partial charge in [-0.2, -0.15) is 9.30 Å². The summed E-state index contributed by atoms with van der Waals surface area (Å²) in [4.78, 5) is 28.3. The van der Waals surface area contributed by atoms with E-state index < -0.39 is 20.9 Å². The normalized spacial score (nSPS) is 15.6. The van der Waals surface area contributed by atoms with Crippen molar-refractivity contribution in [2.45, 2.75) is 30.7 Å². The Morgan fingerprint density at radius 1 is 1.15 bits per heavy atom. The predicted octanol–water partition coefficient (Wildman–Crippen LogP) is 3.17. The summed E-state index contributed by atoms with van der Waals surface area (Å²) in [6.45, 7) is 1.79. The molecule has 1 aromatic heterocycles. The van der Waals surface area contributed by atoms with Crippen molar-refractivity contribution in [2.75, 3.05) is 26.8 Å². The molecule has 1 aliphatic rings. The first-order valence-electron chi connectivity index (χ1n) is 10.8. The molecule has 0 saturated carbocycles. The van der Waals surface area contributed by atoms with Gasteiger partial charge in [0.2, 0.25) is 10.0 Å². The molecule has 0 spiro atoms. The van der Waals surface area contributed by atoms with Gasteiger partial charge in [-0.25, -0.2) is 8.42 Å². The number of piperidine rings is 1. The number of hydrogen-bond acceptors (Lipinski definition) is 7. The van der Waals surface area contributed by atoms with Gasteiger partial charge in [0.25, 0.3) is 11.6 Å². The molecule has 2 heterocycles. The van der Waals surface area contributed by atoms with Crippen LogP contribution in [0.5, 0.6) is 0 Å². The first kappa shape index (κ1) is 24.2. The van der Waals surface area contributed by atoms with Crippen LogP contribution < -0.4 is 4.80 Å². The quantitative estimate of drug-likeness (QED) is 0.360. The van der Waals surface area contributed by atoms with Crippen LogP contribution in [0.15, 0.2) is 52.4 Å². The molecule has 1 aliphatic heterocycles. The molecule has 0 atom stereocenters. The number of nitrogens with zero attached hydrogens (tertiary/aromatic N) is 4. The number of thiazole rings is 1. The predicted molar refractivity (Wildman–Crippen MR) is 127 cm³/mol. The number of ether oxygens (including phenoxy) is 1. The minimum absolute atomic E-state index is 0.0454. The van der Waals surface area contributed by atoms with Gasteiger partial charge in [-0.3, -0.25) is 14.9 Å². The summed E-state index contributed by atoms with van der Waals surface area (Å²) < 4.78 is 34.7. The SMILES string of the molecule is COCCn1c(=NC(=O)c2ccc(S(=O)(=O)N3CCCCC3)cc2)sc2cc([N+](=O)[O-])ccc21. The maximum atomic E-state index is 12.9. The third-order valence-corrected chi connectivity index (χ3v) is 8.60. The van der Waals surface area contributed by atoms with Crippen LogP contribution in [0.2, 0.25) is 0 Å². The fourth-order valence-corrected chi connectivity index (χ4v) is 6.44. The molecule has 12 heteroatoms. The van der Waals surface area contributed by atoms with E-state index in [4.69, 9.17) is 4.74 Å². The molecular weight excluding hydrogens is 480 g/mol. The molecule has 1 amide bonds. The van der Waals surface area contributed by atoms with Crippen LogP contribution in [-0.4, -0.2) is 54.9 Å². The molecule has 0 radical (unpaired) electrons. The fourth-order valence-electron chi connectivity index (χ4n) is 3.83. The van der Waals surface area contributed by atoms with Crippen molar-refractivity contribution in [3.8, 4) is 0 Å². The summed E-state index contributed by atoms with van der Waals surface area (Å²) in [5.74, 6) is -0.533. The lowest BCUT2D eigenvalue weighted by Gasteiger charge is -2.25. The minimum atomic E-state index is -3.59. The lowest BCUT2D eigenvalue weighted by molar-refractivity contribution is -0.384. The maximum Gasteiger partial charge on any atom is 0.279 e. The van der Waals surface area contributed by atoms with E-state index in [1.807, 2.05) is 0 Å². The van der Waals surface area contributed by atoms with E-state index in [1.165, 1.54) is 52.0 Å². The Balaban J connectivity index is 1.66. The van der Waals surface area contributed by atoms with E-state index in [2.05, 4.69) is 4.99 Å². The largest absolute Gasteiger partial charge is 0.383 e. The molecule has 34 heavy (non-hydrogen) atoms. The van der Waals surface area contributed by atoms with Crippen LogP contribution in [0, 0.1) is 10.1 Å². The first-order valence-corrected chi connectivity index (χ1v) is 13.0. The van der Waals surface area contributed by atoms with Crippen molar-refractivity contribution < 1.29 is 22.9 Å². The molecule has 0 N–H and O–H groups in total. The van der Waals surface area contributed by atoms with Gasteiger partial charge in [0.1, 0.15) is 0 Å². The summed E-state index contributed by atoms with van der Waals surface area (Å²) in [7, 11) is -2.03. The Morgan fingerprint density at radius 3 is 2.50 bits per heavy atom. The van der Waals surface area contributed by atoms with Gasteiger partial charge >= 0.3 is 0 Å². The maximum absolute atomic E-state index is 12.9. The van der Waals surface area contributed by atoms with Crippen molar-refractivity contribution in [3.63, 3.8) is 0 Å². The Hall–Kier alpha value is -2.93. The molecule has 1 saturated heterocycles. The van der Waals surface area contributed by atoms with Gasteiger partial charge in [0.05, 0.1) is 26.6 Å². The Bertz CT molecular complexity index is 1390. The lowest BCUT2D eigenvalue weighted by Crippen LogP contribution is -2.35. The fraction of sp³-hybridized carbons (Fsp3) is 0.364. The van der Waals surface area contributed by atoms with Crippen molar-refractivity contribution >= 4 is 43.2 Å². The highest BCUT2D eigenvalue weighted by atomic mass is 32.2. The van der Waals surface area contributed by atoms with E-state index in [9.17, 15) is 23.3 Å². The number of sulfonamides is 1. The second kappa shape index (κ2) is 10.1.